The van der Waals surface area contributed by atoms with E-state index in [1.54, 1.807) is 0 Å². The van der Waals surface area contributed by atoms with Crippen LogP contribution in [0.2, 0.25) is 0 Å². The molecular weight excluding hydrogens is 476 g/mol. The van der Waals surface area contributed by atoms with Gasteiger partial charge in [-0.3, -0.25) is 19.7 Å². The van der Waals surface area contributed by atoms with Crippen molar-refractivity contribution in [2.75, 3.05) is 11.9 Å². The molecule has 3 aromatic carbocycles. The molecular formula is C21H15F2N3O7S. The van der Waals surface area contributed by atoms with Gasteiger partial charge in [0.1, 0.15) is 10.6 Å². The molecule has 0 spiro atoms. The summed E-state index contributed by atoms with van der Waals surface area (Å²) in [6.07, 6.45) is 0. The fourth-order valence-corrected chi connectivity index (χ4v) is 3.60. The topological polar surface area (TPSA) is 145 Å². The van der Waals surface area contributed by atoms with E-state index in [-0.39, 0.29) is 17.0 Å². The van der Waals surface area contributed by atoms with E-state index in [0.717, 1.165) is 36.4 Å². The number of halogens is 2. The van der Waals surface area contributed by atoms with Gasteiger partial charge in [0.05, 0.1) is 11.5 Å². The first-order chi connectivity index (χ1) is 16.0. The molecule has 0 aliphatic rings. The van der Waals surface area contributed by atoms with E-state index < -0.39 is 55.6 Å². The molecule has 176 valence electrons. The molecule has 0 aromatic heterocycles. The van der Waals surface area contributed by atoms with Crippen LogP contribution in [-0.2, 0) is 14.9 Å². The predicted molar refractivity (Wildman–Crippen MR) is 115 cm³/mol. The first-order valence-corrected chi connectivity index (χ1v) is 10.8. The molecule has 10 nitrogen and oxygen atoms in total. The highest BCUT2D eigenvalue weighted by molar-refractivity contribution is 7.87. The number of amides is 2. The van der Waals surface area contributed by atoms with Crippen LogP contribution in [-0.4, -0.2) is 31.7 Å². The van der Waals surface area contributed by atoms with Crippen molar-refractivity contribution in [1.29, 1.82) is 0 Å². The Kier molecular flexibility index (Phi) is 7.16. The maximum Gasteiger partial charge on any atom is 0.339 e. The number of nitro groups is 1. The second-order valence-electron chi connectivity index (χ2n) is 6.68. The van der Waals surface area contributed by atoms with Gasteiger partial charge in [-0.15, -0.1) is 0 Å². The molecule has 3 rings (SSSR count). The summed E-state index contributed by atoms with van der Waals surface area (Å²) in [6, 6.07) is 11.9. The van der Waals surface area contributed by atoms with E-state index in [9.17, 15) is 36.9 Å². The van der Waals surface area contributed by atoms with Crippen molar-refractivity contribution in [2.24, 2.45) is 0 Å². The van der Waals surface area contributed by atoms with Crippen molar-refractivity contribution in [3.8, 4) is 5.75 Å². The van der Waals surface area contributed by atoms with Crippen LogP contribution in [0.1, 0.15) is 10.4 Å². The van der Waals surface area contributed by atoms with Gasteiger partial charge in [-0.05, 0) is 42.5 Å². The zero-order chi connectivity index (χ0) is 24.9. The highest BCUT2D eigenvalue weighted by Gasteiger charge is 2.20. The lowest BCUT2D eigenvalue weighted by Crippen LogP contribution is -2.32. The predicted octanol–water partition coefficient (Wildman–Crippen LogP) is 3.01. The quantitative estimate of drug-likeness (QED) is 0.280. The summed E-state index contributed by atoms with van der Waals surface area (Å²) in [5.74, 6) is -3.73. The molecule has 0 bridgehead atoms. The largest absolute Gasteiger partial charge is 0.379 e. The highest BCUT2D eigenvalue weighted by Crippen LogP contribution is 2.22. The van der Waals surface area contributed by atoms with Crippen molar-refractivity contribution in [2.45, 2.75) is 4.90 Å². The number of hydrogen-bond acceptors (Lipinski definition) is 7. The Labute approximate surface area is 191 Å². The molecule has 3 aromatic rings. The summed E-state index contributed by atoms with van der Waals surface area (Å²) in [5.41, 5.74) is -0.351. The van der Waals surface area contributed by atoms with Crippen molar-refractivity contribution >= 4 is 33.3 Å². The second kappa shape index (κ2) is 10.0. The average molecular weight is 491 g/mol. The van der Waals surface area contributed by atoms with Crippen LogP contribution in [0.4, 0.5) is 20.2 Å². The summed E-state index contributed by atoms with van der Waals surface area (Å²) >= 11 is 0. The lowest BCUT2D eigenvalue weighted by atomic mass is 10.2. The second-order valence-corrected chi connectivity index (χ2v) is 8.22. The van der Waals surface area contributed by atoms with Crippen molar-refractivity contribution in [3.63, 3.8) is 0 Å². The van der Waals surface area contributed by atoms with E-state index >= 15 is 0 Å². The van der Waals surface area contributed by atoms with Gasteiger partial charge in [0, 0.05) is 29.4 Å². The summed E-state index contributed by atoms with van der Waals surface area (Å²) in [6.45, 7) is -0.475. The molecule has 0 radical (unpaired) electrons. The van der Waals surface area contributed by atoms with E-state index in [1.807, 2.05) is 0 Å². The molecule has 13 heteroatoms. The monoisotopic (exact) mass is 491 g/mol. The number of rotatable bonds is 8. The molecule has 2 N–H and O–H groups in total. The normalized spacial score (nSPS) is 10.9. The lowest BCUT2D eigenvalue weighted by molar-refractivity contribution is -0.385. The number of carbonyl (C=O) groups excluding carboxylic acids is 2. The SMILES string of the molecule is O=C(CNC(=O)c1ccc(OS(=O)(=O)c2cccc([N+](=O)[O-])c2)cc1)Nc1ccc(F)c(F)c1. The van der Waals surface area contributed by atoms with Crippen molar-refractivity contribution < 1.29 is 35.9 Å². The Morgan fingerprint density at radius 1 is 0.971 bits per heavy atom. The Bertz CT molecular complexity index is 1360. The summed E-state index contributed by atoms with van der Waals surface area (Å²) in [7, 11) is -4.37. The molecule has 0 saturated carbocycles. The van der Waals surface area contributed by atoms with Crippen LogP contribution in [0.15, 0.2) is 71.6 Å². The van der Waals surface area contributed by atoms with Gasteiger partial charge in [0.2, 0.25) is 5.91 Å². The number of anilines is 1. The number of nitrogens with one attached hydrogen (secondary N) is 2. The Morgan fingerprint density at radius 2 is 1.68 bits per heavy atom. The molecule has 0 aliphatic heterocycles. The van der Waals surface area contributed by atoms with Crippen LogP contribution in [0.5, 0.6) is 5.75 Å². The van der Waals surface area contributed by atoms with Crippen LogP contribution in [0.3, 0.4) is 0 Å². The van der Waals surface area contributed by atoms with Gasteiger partial charge in [-0.1, -0.05) is 6.07 Å². The van der Waals surface area contributed by atoms with Crippen LogP contribution in [0, 0.1) is 21.7 Å². The minimum atomic E-state index is -4.37. The molecule has 34 heavy (non-hydrogen) atoms. The maximum absolute atomic E-state index is 13.2. The minimum Gasteiger partial charge on any atom is -0.379 e. The molecule has 0 heterocycles. The third-order valence-corrected chi connectivity index (χ3v) is 5.50. The van der Waals surface area contributed by atoms with Gasteiger partial charge in [0.25, 0.3) is 11.6 Å². The van der Waals surface area contributed by atoms with Gasteiger partial charge < -0.3 is 14.8 Å². The number of carbonyl (C=O) groups is 2. The third kappa shape index (κ3) is 6.10. The van der Waals surface area contributed by atoms with Crippen LogP contribution in [0.25, 0.3) is 0 Å². The number of non-ortho nitro benzene ring substituents is 1. The number of nitro benzene ring substituents is 1. The third-order valence-electron chi connectivity index (χ3n) is 4.25. The Morgan fingerprint density at radius 3 is 2.32 bits per heavy atom. The van der Waals surface area contributed by atoms with E-state index in [2.05, 4.69) is 10.6 Å². The number of benzene rings is 3. The fraction of sp³-hybridized carbons (Fsp3) is 0.0476. The summed E-state index contributed by atoms with van der Waals surface area (Å²) in [5, 5.41) is 15.4. The van der Waals surface area contributed by atoms with Gasteiger partial charge in [-0.25, -0.2) is 8.78 Å². The summed E-state index contributed by atoms with van der Waals surface area (Å²) in [4.78, 5) is 33.7. The van der Waals surface area contributed by atoms with Gasteiger partial charge >= 0.3 is 10.1 Å². The van der Waals surface area contributed by atoms with E-state index in [4.69, 9.17) is 4.18 Å². The number of nitrogens with zero attached hydrogens (tertiary/aromatic N) is 1. The van der Waals surface area contributed by atoms with Gasteiger partial charge in [0.15, 0.2) is 11.6 Å². The Balaban J connectivity index is 1.58. The highest BCUT2D eigenvalue weighted by atomic mass is 32.2. The Hall–Kier alpha value is -4.39. The molecule has 0 atom stereocenters. The van der Waals surface area contributed by atoms with E-state index in [0.29, 0.717) is 0 Å². The molecule has 0 aliphatic carbocycles. The number of hydrogen-bond donors (Lipinski definition) is 2. The standard InChI is InChI=1S/C21H15F2N3O7S/c22-18-9-6-14(10-19(18)23)25-20(27)12-24-21(28)13-4-7-16(8-5-13)33-34(31,32)17-3-1-2-15(11-17)26(29)30/h1-11H,12H2,(H,24,28)(H,25,27). The lowest BCUT2D eigenvalue weighted by Gasteiger charge is -2.09. The zero-order valence-electron chi connectivity index (χ0n) is 17.0. The first kappa shape index (κ1) is 24.3. The average Bonchev–Trinajstić information content (AvgIpc) is 2.80. The first-order valence-electron chi connectivity index (χ1n) is 9.37. The summed E-state index contributed by atoms with van der Waals surface area (Å²) < 4.78 is 55.7. The molecule has 0 unspecified atom stereocenters. The van der Waals surface area contributed by atoms with Crippen LogP contribution >= 0.6 is 0 Å². The smallest absolute Gasteiger partial charge is 0.339 e. The zero-order valence-corrected chi connectivity index (χ0v) is 17.8. The van der Waals surface area contributed by atoms with Crippen LogP contribution < -0.4 is 14.8 Å². The van der Waals surface area contributed by atoms with E-state index in [1.165, 1.54) is 30.3 Å². The molecule has 0 saturated heterocycles. The fourth-order valence-electron chi connectivity index (χ4n) is 2.63. The van der Waals surface area contributed by atoms with Crippen molar-refractivity contribution in [3.05, 3.63) is 94.0 Å². The van der Waals surface area contributed by atoms with Crippen molar-refractivity contribution in [1.82, 2.24) is 5.32 Å². The molecule has 2 amide bonds. The molecule has 0 fully saturated rings. The minimum absolute atomic E-state index is 0.00427. The maximum atomic E-state index is 13.2. The van der Waals surface area contributed by atoms with Gasteiger partial charge in [-0.2, -0.15) is 8.42 Å².